The number of carbonyl (C=O) groups is 2. The fourth-order valence-electron chi connectivity index (χ4n) is 5.33. The molecule has 1 atom stereocenters. The molecule has 192 valence electrons. The molecule has 0 aliphatic heterocycles. The number of aromatic nitrogens is 2. The molecule has 0 N–H and O–H groups in total. The fraction of sp³-hybridized carbons (Fsp3) is 0.121. The van der Waals surface area contributed by atoms with Crippen LogP contribution < -0.4 is 5.56 Å². The summed E-state index contributed by atoms with van der Waals surface area (Å²) in [6.07, 6.45) is -1.11. The van der Waals surface area contributed by atoms with E-state index in [9.17, 15) is 14.4 Å². The fourth-order valence-corrected chi connectivity index (χ4v) is 5.33. The van der Waals surface area contributed by atoms with Gasteiger partial charge in [-0.25, -0.2) is 4.79 Å². The maximum absolute atomic E-state index is 13.8. The highest BCUT2D eigenvalue weighted by molar-refractivity contribution is 6.14. The number of nitrogens with zero attached hydrogens (tertiary/aromatic N) is 2. The molecule has 0 bridgehead atoms. The third-order valence-corrected chi connectivity index (χ3v) is 7.27. The first-order chi connectivity index (χ1) is 18.9. The Kier molecular flexibility index (Phi) is 5.88. The molecule has 1 unspecified atom stereocenters. The van der Waals surface area contributed by atoms with E-state index in [0.717, 1.165) is 32.9 Å². The number of pyridine rings is 1. The summed E-state index contributed by atoms with van der Waals surface area (Å²) in [6.45, 7) is 3.55. The summed E-state index contributed by atoms with van der Waals surface area (Å²) >= 11 is 0. The van der Waals surface area contributed by atoms with Crippen molar-refractivity contribution in [1.82, 2.24) is 9.13 Å². The largest absolute Gasteiger partial charge is 0.448 e. The summed E-state index contributed by atoms with van der Waals surface area (Å²) < 4.78 is 8.74. The molecule has 0 spiro atoms. The molecule has 0 saturated heterocycles. The molecule has 6 heteroatoms. The molecular weight excluding hydrogens is 488 g/mol. The van der Waals surface area contributed by atoms with E-state index in [1.807, 2.05) is 91.9 Å². The summed E-state index contributed by atoms with van der Waals surface area (Å²) in [7, 11) is 1.56. The van der Waals surface area contributed by atoms with Gasteiger partial charge in [-0.3, -0.25) is 14.2 Å². The highest BCUT2D eigenvalue weighted by atomic mass is 16.5. The van der Waals surface area contributed by atoms with Crippen LogP contribution in [0.5, 0.6) is 0 Å². The quantitative estimate of drug-likeness (QED) is 0.252. The van der Waals surface area contributed by atoms with Crippen molar-refractivity contribution in [2.75, 3.05) is 0 Å². The minimum Gasteiger partial charge on any atom is -0.448 e. The third kappa shape index (κ3) is 3.92. The molecule has 0 saturated carbocycles. The number of ether oxygens (including phenoxy) is 1. The molecule has 6 nitrogen and oxygen atoms in total. The Morgan fingerprint density at radius 2 is 1.23 bits per heavy atom. The summed E-state index contributed by atoms with van der Waals surface area (Å²) in [4.78, 5) is 40.8. The second-order valence-corrected chi connectivity index (χ2v) is 9.75. The van der Waals surface area contributed by atoms with Crippen molar-refractivity contribution in [1.29, 1.82) is 0 Å². The van der Waals surface area contributed by atoms with Gasteiger partial charge in [0.2, 0.25) is 0 Å². The number of fused-ring (bicyclic) bond motifs is 4. The van der Waals surface area contributed by atoms with E-state index in [1.165, 1.54) is 4.57 Å². The average molecular weight is 515 g/mol. The Morgan fingerprint density at radius 3 is 1.82 bits per heavy atom. The van der Waals surface area contributed by atoms with E-state index in [2.05, 4.69) is 0 Å². The van der Waals surface area contributed by atoms with Crippen LogP contribution in [0.15, 0.2) is 102 Å². The minimum atomic E-state index is -1.11. The lowest BCUT2D eigenvalue weighted by molar-refractivity contribution is 0.0279. The average Bonchev–Trinajstić information content (AvgIpc) is 3.29. The molecule has 0 aliphatic rings. The van der Waals surface area contributed by atoms with Crippen LogP contribution in [0.25, 0.3) is 43.7 Å². The van der Waals surface area contributed by atoms with Crippen LogP contribution >= 0.6 is 0 Å². The molecular formula is C33H26N2O4. The standard InChI is InChI=1S/C33H26N2O4/c1-20-16-18-22(19-17-20)29-25-12-4-5-13-26(25)32(37)34(3)30(29)33(38)39-21(2)31(36)35-27-14-8-6-10-23(27)24-11-7-9-15-28(24)35/h4-19,21H,1-3H3. The Labute approximate surface area is 224 Å². The van der Waals surface area contributed by atoms with Crippen LogP contribution in [0.4, 0.5) is 0 Å². The lowest BCUT2D eigenvalue weighted by Crippen LogP contribution is -2.32. The number of hydrogen-bond donors (Lipinski definition) is 0. The summed E-state index contributed by atoms with van der Waals surface area (Å²) in [5.41, 5.74) is 3.71. The maximum Gasteiger partial charge on any atom is 0.356 e. The van der Waals surface area contributed by atoms with E-state index in [4.69, 9.17) is 4.74 Å². The van der Waals surface area contributed by atoms with Crippen LogP contribution in [-0.2, 0) is 11.8 Å². The maximum atomic E-state index is 13.8. The van der Waals surface area contributed by atoms with Gasteiger partial charge in [-0.15, -0.1) is 0 Å². The Balaban J connectivity index is 1.46. The van der Waals surface area contributed by atoms with Crippen LogP contribution in [0.2, 0.25) is 0 Å². The monoisotopic (exact) mass is 514 g/mol. The lowest BCUT2D eigenvalue weighted by atomic mass is 9.96. The Bertz CT molecular complexity index is 1930. The number of para-hydroxylation sites is 2. The topological polar surface area (TPSA) is 70.3 Å². The van der Waals surface area contributed by atoms with E-state index in [1.54, 1.807) is 30.7 Å². The number of benzene rings is 4. The lowest BCUT2D eigenvalue weighted by Gasteiger charge is -2.19. The van der Waals surface area contributed by atoms with Crippen molar-refractivity contribution < 1.29 is 14.3 Å². The number of hydrogen-bond acceptors (Lipinski definition) is 4. The first-order valence-corrected chi connectivity index (χ1v) is 12.8. The second kappa shape index (κ2) is 9.40. The first-order valence-electron chi connectivity index (χ1n) is 12.8. The molecule has 6 aromatic rings. The van der Waals surface area contributed by atoms with Crippen molar-refractivity contribution in [3.63, 3.8) is 0 Å². The summed E-state index contributed by atoms with van der Waals surface area (Å²) in [5, 5.41) is 3.04. The molecule has 39 heavy (non-hydrogen) atoms. The second-order valence-electron chi connectivity index (χ2n) is 9.75. The first kappa shape index (κ1) is 24.4. The number of aryl methyl sites for hydroxylation is 1. The predicted molar refractivity (Wildman–Crippen MR) is 154 cm³/mol. The van der Waals surface area contributed by atoms with Gasteiger partial charge in [0.1, 0.15) is 5.69 Å². The van der Waals surface area contributed by atoms with Crippen LogP contribution in [0, 0.1) is 6.92 Å². The van der Waals surface area contributed by atoms with Gasteiger partial charge in [-0.2, -0.15) is 0 Å². The van der Waals surface area contributed by atoms with Gasteiger partial charge >= 0.3 is 5.97 Å². The Morgan fingerprint density at radius 1 is 0.718 bits per heavy atom. The van der Waals surface area contributed by atoms with E-state index in [0.29, 0.717) is 16.3 Å². The minimum absolute atomic E-state index is 0.101. The van der Waals surface area contributed by atoms with Crippen molar-refractivity contribution in [3.8, 4) is 11.1 Å². The highest BCUT2D eigenvalue weighted by Crippen LogP contribution is 2.32. The molecule has 6 rings (SSSR count). The molecule has 0 fully saturated rings. The zero-order chi connectivity index (χ0) is 27.3. The van der Waals surface area contributed by atoms with Crippen LogP contribution in [0.3, 0.4) is 0 Å². The zero-order valence-electron chi connectivity index (χ0n) is 21.8. The van der Waals surface area contributed by atoms with Gasteiger partial charge < -0.3 is 9.30 Å². The van der Waals surface area contributed by atoms with Gasteiger partial charge in [0.15, 0.2) is 6.10 Å². The SMILES string of the molecule is Cc1ccc(-c2c(C(=O)OC(C)C(=O)n3c4ccccc4c4ccccc43)n(C)c(=O)c3ccccc23)cc1. The highest BCUT2D eigenvalue weighted by Gasteiger charge is 2.28. The normalized spacial score (nSPS) is 12.2. The third-order valence-electron chi connectivity index (χ3n) is 7.27. The van der Waals surface area contributed by atoms with E-state index < -0.39 is 12.1 Å². The molecule has 2 heterocycles. The zero-order valence-corrected chi connectivity index (χ0v) is 21.8. The van der Waals surface area contributed by atoms with Gasteiger partial charge in [0, 0.05) is 28.8 Å². The van der Waals surface area contributed by atoms with Gasteiger partial charge in [0.25, 0.3) is 11.5 Å². The van der Waals surface area contributed by atoms with Gasteiger partial charge in [-0.05, 0) is 43.0 Å². The van der Waals surface area contributed by atoms with Crippen molar-refractivity contribution in [2.24, 2.45) is 7.05 Å². The molecule has 4 aromatic carbocycles. The van der Waals surface area contributed by atoms with E-state index >= 15 is 0 Å². The van der Waals surface area contributed by atoms with Crippen molar-refractivity contribution in [2.45, 2.75) is 20.0 Å². The van der Waals surface area contributed by atoms with Gasteiger partial charge in [0.05, 0.1) is 11.0 Å². The molecule has 0 radical (unpaired) electrons. The number of rotatable bonds is 4. The number of esters is 1. The van der Waals surface area contributed by atoms with Crippen molar-refractivity contribution >= 4 is 44.5 Å². The molecule has 2 aromatic heterocycles. The van der Waals surface area contributed by atoms with Crippen LogP contribution in [0.1, 0.15) is 27.8 Å². The molecule has 0 aliphatic carbocycles. The summed E-state index contributed by atoms with van der Waals surface area (Å²) in [5.74, 6) is -1.11. The predicted octanol–water partition coefficient (Wildman–Crippen LogP) is 6.51. The summed E-state index contributed by atoms with van der Waals surface area (Å²) in [6, 6.07) is 30.3. The van der Waals surface area contributed by atoms with Crippen molar-refractivity contribution in [3.05, 3.63) is 119 Å². The molecule has 0 amide bonds. The Hall–Kier alpha value is -4.97. The number of carbonyl (C=O) groups excluding carboxylic acids is 2. The van der Waals surface area contributed by atoms with Gasteiger partial charge in [-0.1, -0.05) is 84.4 Å². The van der Waals surface area contributed by atoms with E-state index in [-0.39, 0.29) is 17.2 Å². The van der Waals surface area contributed by atoms with Crippen LogP contribution in [-0.4, -0.2) is 27.1 Å². The smallest absolute Gasteiger partial charge is 0.356 e.